The summed E-state index contributed by atoms with van der Waals surface area (Å²) in [6, 6.07) is 5.66. The van der Waals surface area contributed by atoms with E-state index >= 15 is 0 Å². The van der Waals surface area contributed by atoms with Crippen molar-refractivity contribution in [3.8, 4) is 0 Å². The highest BCUT2D eigenvalue weighted by atomic mass is 35.5. The Labute approximate surface area is 120 Å². The van der Waals surface area contributed by atoms with Crippen LogP contribution in [0.15, 0.2) is 18.2 Å². The number of likely N-dealkylation sites (N-methyl/N-ethyl adjacent to an activating group) is 1. The number of anilines is 1. The lowest BCUT2D eigenvalue weighted by atomic mass is 10.1. The van der Waals surface area contributed by atoms with E-state index in [4.69, 9.17) is 22.7 Å². The van der Waals surface area contributed by atoms with Crippen LogP contribution in [-0.4, -0.2) is 44.5 Å². The largest absolute Gasteiger partial charge is 0.384 e. The Kier molecular flexibility index (Phi) is 6.12. The van der Waals surface area contributed by atoms with Crippen LogP contribution < -0.4 is 10.6 Å². The second-order valence-electron chi connectivity index (χ2n) is 4.84. The van der Waals surface area contributed by atoms with Gasteiger partial charge in [0, 0.05) is 25.3 Å². The number of halogens is 1. The summed E-state index contributed by atoms with van der Waals surface area (Å²) in [5, 5.41) is 8.25. The minimum atomic E-state index is 0.0200. The van der Waals surface area contributed by atoms with E-state index in [0.717, 1.165) is 31.7 Å². The van der Waals surface area contributed by atoms with Gasteiger partial charge in [-0.1, -0.05) is 24.6 Å². The second-order valence-corrected chi connectivity index (χ2v) is 5.25. The third-order valence-electron chi connectivity index (χ3n) is 2.91. The van der Waals surface area contributed by atoms with Crippen molar-refractivity contribution in [3.63, 3.8) is 0 Å². The van der Waals surface area contributed by atoms with E-state index in [0.29, 0.717) is 10.6 Å². The minimum Gasteiger partial charge on any atom is -0.384 e. The molecule has 0 bridgehead atoms. The Hall–Kier alpha value is -1.26. The van der Waals surface area contributed by atoms with Crippen molar-refractivity contribution in [1.82, 2.24) is 4.90 Å². The summed E-state index contributed by atoms with van der Waals surface area (Å²) in [5.41, 5.74) is 7.25. The summed E-state index contributed by atoms with van der Waals surface area (Å²) >= 11 is 6.17. The Morgan fingerprint density at radius 2 is 1.95 bits per heavy atom. The van der Waals surface area contributed by atoms with Crippen LogP contribution in [0.2, 0.25) is 5.02 Å². The Bertz CT molecular complexity index is 431. The fourth-order valence-electron chi connectivity index (χ4n) is 1.99. The standard InChI is InChI=1S/C14H23ClN4/c1-4-8-19(10-9-18(2)3)12-7-5-6-11(15)13(12)14(16)17/h5-7H,4,8-10H2,1-3H3,(H3,16,17). The molecule has 0 aliphatic heterocycles. The van der Waals surface area contributed by atoms with Gasteiger partial charge in [0.05, 0.1) is 10.6 Å². The van der Waals surface area contributed by atoms with Crippen LogP contribution in [0.25, 0.3) is 0 Å². The van der Waals surface area contributed by atoms with Gasteiger partial charge in [0.2, 0.25) is 0 Å². The number of amidine groups is 1. The van der Waals surface area contributed by atoms with Gasteiger partial charge < -0.3 is 15.5 Å². The molecule has 0 saturated carbocycles. The number of nitrogens with one attached hydrogen (secondary N) is 1. The molecule has 0 heterocycles. The van der Waals surface area contributed by atoms with Crippen LogP contribution in [-0.2, 0) is 0 Å². The average Bonchev–Trinajstić information content (AvgIpc) is 2.33. The number of nitrogens with zero attached hydrogens (tertiary/aromatic N) is 2. The zero-order chi connectivity index (χ0) is 14.4. The lowest BCUT2D eigenvalue weighted by Crippen LogP contribution is -2.34. The molecule has 0 saturated heterocycles. The number of hydrogen-bond donors (Lipinski definition) is 2. The molecule has 1 aromatic carbocycles. The summed E-state index contributed by atoms with van der Waals surface area (Å²) in [7, 11) is 4.10. The van der Waals surface area contributed by atoms with Crippen LogP contribution >= 0.6 is 11.6 Å². The molecule has 1 aromatic rings. The maximum Gasteiger partial charge on any atom is 0.126 e. The molecule has 0 aliphatic carbocycles. The van der Waals surface area contributed by atoms with Crippen LogP contribution in [0.3, 0.4) is 0 Å². The molecule has 0 aliphatic rings. The highest BCUT2D eigenvalue weighted by molar-refractivity contribution is 6.34. The molecular formula is C14H23ClN4. The normalized spacial score (nSPS) is 10.8. The first-order valence-corrected chi connectivity index (χ1v) is 6.87. The zero-order valence-corrected chi connectivity index (χ0v) is 12.7. The minimum absolute atomic E-state index is 0.0200. The molecular weight excluding hydrogens is 260 g/mol. The number of hydrogen-bond acceptors (Lipinski definition) is 3. The molecule has 3 N–H and O–H groups in total. The van der Waals surface area contributed by atoms with Crippen molar-refractivity contribution in [1.29, 1.82) is 5.41 Å². The molecule has 106 valence electrons. The summed E-state index contributed by atoms with van der Waals surface area (Å²) in [4.78, 5) is 4.38. The van der Waals surface area contributed by atoms with E-state index in [-0.39, 0.29) is 5.84 Å². The van der Waals surface area contributed by atoms with Gasteiger partial charge in [0.25, 0.3) is 0 Å². The SMILES string of the molecule is CCCN(CCN(C)C)c1cccc(Cl)c1C(=N)N. The van der Waals surface area contributed by atoms with Crippen molar-refractivity contribution >= 4 is 23.1 Å². The summed E-state index contributed by atoms with van der Waals surface area (Å²) in [6.45, 7) is 4.90. The second kappa shape index (κ2) is 7.36. The van der Waals surface area contributed by atoms with E-state index in [1.54, 1.807) is 6.07 Å². The van der Waals surface area contributed by atoms with Crippen LogP contribution in [0.5, 0.6) is 0 Å². The summed E-state index contributed by atoms with van der Waals surface area (Å²) in [6.07, 6.45) is 1.04. The van der Waals surface area contributed by atoms with Crippen LogP contribution in [0.4, 0.5) is 5.69 Å². The fraction of sp³-hybridized carbons (Fsp3) is 0.500. The highest BCUT2D eigenvalue weighted by Crippen LogP contribution is 2.27. The molecule has 0 atom stereocenters. The van der Waals surface area contributed by atoms with Gasteiger partial charge in [0.15, 0.2) is 0 Å². The van der Waals surface area contributed by atoms with Gasteiger partial charge in [-0.15, -0.1) is 0 Å². The van der Waals surface area contributed by atoms with Gasteiger partial charge in [0.1, 0.15) is 5.84 Å². The molecule has 19 heavy (non-hydrogen) atoms. The van der Waals surface area contributed by atoms with Gasteiger partial charge >= 0.3 is 0 Å². The third kappa shape index (κ3) is 4.40. The molecule has 0 fully saturated rings. The lowest BCUT2D eigenvalue weighted by molar-refractivity contribution is 0.413. The van der Waals surface area contributed by atoms with Gasteiger partial charge in [-0.05, 0) is 32.6 Å². The number of benzene rings is 1. The van der Waals surface area contributed by atoms with Crippen molar-refractivity contribution in [2.75, 3.05) is 38.6 Å². The quantitative estimate of drug-likeness (QED) is 0.596. The van der Waals surface area contributed by atoms with E-state index in [2.05, 4.69) is 16.7 Å². The monoisotopic (exact) mass is 282 g/mol. The molecule has 1 rings (SSSR count). The third-order valence-corrected chi connectivity index (χ3v) is 3.23. The number of nitrogens with two attached hydrogens (primary N) is 1. The molecule has 0 aromatic heterocycles. The van der Waals surface area contributed by atoms with Gasteiger partial charge in [-0.2, -0.15) is 0 Å². The highest BCUT2D eigenvalue weighted by Gasteiger charge is 2.15. The molecule has 0 amide bonds. The van der Waals surface area contributed by atoms with Crippen LogP contribution in [0.1, 0.15) is 18.9 Å². The topological polar surface area (TPSA) is 56.4 Å². The zero-order valence-electron chi connectivity index (χ0n) is 11.9. The first-order chi connectivity index (χ1) is 8.97. The van der Waals surface area contributed by atoms with Crippen LogP contribution in [0, 0.1) is 5.41 Å². The van der Waals surface area contributed by atoms with E-state index < -0.39 is 0 Å². The predicted octanol–water partition coefficient (Wildman–Crippen LogP) is 2.40. The summed E-state index contributed by atoms with van der Waals surface area (Å²) < 4.78 is 0. The lowest BCUT2D eigenvalue weighted by Gasteiger charge is -2.28. The van der Waals surface area contributed by atoms with Crippen molar-refractivity contribution in [3.05, 3.63) is 28.8 Å². The van der Waals surface area contributed by atoms with Crippen molar-refractivity contribution in [2.24, 2.45) is 5.73 Å². The first-order valence-electron chi connectivity index (χ1n) is 6.50. The maximum atomic E-state index is 7.72. The summed E-state index contributed by atoms with van der Waals surface area (Å²) in [5.74, 6) is 0.0200. The molecule has 5 heteroatoms. The van der Waals surface area contributed by atoms with Gasteiger partial charge in [-0.25, -0.2) is 0 Å². The molecule has 0 unspecified atom stereocenters. The van der Waals surface area contributed by atoms with E-state index in [1.165, 1.54) is 0 Å². The maximum absolute atomic E-state index is 7.72. The predicted molar refractivity (Wildman–Crippen MR) is 83.5 cm³/mol. The fourth-order valence-corrected chi connectivity index (χ4v) is 2.26. The van der Waals surface area contributed by atoms with Gasteiger partial charge in [-0.3, -0.25) is 5.41 Å². The average molecular weight is 283 g/mol. The molecule has 0 radical (unpaired) electrons. The van der Waals surface area contributed by atoms with E-state index in [9.17, 15) is 0 Å². The smallest absolute Gasteiger partial charge is 0.126 e. The van der Waals surface area contributed by atoms with Crippen molar-refractivity contribution in [2.45, 2.75) is 13.3 Å². The first kappa shape index (κ1) is 15.8. The number of nitrogen functional groups attached to an aromatic ring is 1. The molecule has 0 spiro atoms. The Morgan fingerprint density at radius 1 is 1.26 bits per heavy atom. The van der Waals surface area contributed by atoms with Crippen molar-refractivity contribution < 1.29 is 0 Å². The Morgan fingerprint density at radius 3 is 2.47 bits per heavy atom. The van der Waals surface area contributed by atoms with E-state index in [1.807, 2.05) is 26.2 Å². The Balaban J connectivity index is 3.07. The molecule has 4 nitrogen and oxygen atoms in total. The number of rotatable bonds is 7.